The van der Waals surface area contributed by atoms with Gasteiger partial charge in [0, 0.05) is 25.7 Å². The molecular weight excluding hydrogens is 352 g/mol. The van der Waals surface area contributed by atoms with E-state index < -0.39 is 10.0 Å². The lowest BCUT2D eigenvalue weighted by atomic mass is 10.1. The monoisotopic (exact) mass is 374 g/mol. The van der Waals surface area contributed by atoms with Crippen molar-refractivity contribution in [1.82, 2.24) is 4.31 Å². The van der Waals surface area contributed by atoms with Crippen LogP contribution in [0, 0.1) is 0 Å². The van der Waals surface area contributed by atoms with Crippen LogP contribution in [0.25, 0.3) is 0 Å². The van der Waals surface area contributed by atoms with Crippen LogP contribution in [0.3, 0.4) is 0 Å². The second kappa shape index (κ2) is 7.99. The van der Waals surface area contributed by atoms with Gasteiger partial charge in [0.15, 0.2) is 0 Å². The van der Waals surface area contributed by atoms with Crippen molar-refractivity contribution in [3.05, 3.63) is 60.2 Å². The van der Waals surface area contributed by atoms with Crippen LogP contribution in [0.4, 0.5) is 5.69 Å². The number of hydrogen-bond donors (Lipinski definition) is 1. The highest BCUT2D eigenvalue weighted by Gasteiger charge is 2.30. The van der Waals surface area contributed by atoms with Crippen molar-refractivity contribution in [1.29, 1.82) is 0 Å². The minimum atomic E-state index is -3.59. The summed E-state index contributed by atoms with van der Waals surface area (Å²) in [5, 5.41) is 2.63. The van der Waals surface area contributed by atoms with Crippen molar-refractivity contribution < 1.29 is 17.9 Å². The minimum Gasteiger partial charge on any atom is -0.375 e. The highest BCUT2D eigenvalue weighted by atomic mass is 32.2. The van der Waals surface area contributed by atoms with Gasteiger partial charge in [-0.15, -0.1) is 0 Å². The third-order valence-electron chi connectivity index (χ3n) is 4.22. The summed E-state index contributed by atoms with van der Waals surface area (Å²) in [7, 11) is -3.59. The summed E-state index contributed by atoms with van der Waals surface area (Å²) >= 11 is 0. The average molecular weight is 374 g/mol. The van der Waals surface area contributed by atoms with E-state index in [1.54, 1.807) is 12.1 Å². The van der Waals surface area contributed by atoms with Crippen LogP contribution in [0.5, 0.6) is 0 Å². The molecule has 138 valence electrons. The van der Waals surface area contributed by atoms with E-state index in [0.29, 0.717) is 31.8 Å². The predicted molar refractivity (Wildman–Crippen MR) is 99.4 cm³/mol. The van der Waals surface area contributed by atoms with Gasteiger partial charge in [0.05, 0.1) is 17.6 Å². The molecule has 0 unspecified atom stereocenters. The first kappa shape index (κ1) is 18.6. The van der Waals surface area contributed by atoms with Crippen molar-refractivity contribution >= 4 is 21.6 Å². The average Bonchev–Trinajstić information content (AvgIpc) is 2.63. The van der Waals surface area contributed by atoms with Crippen LogP contribution in [-0.2, 0) is 26.0 Å². The number of carbonyl (C=O) groups excluding carboxylic acids is 1. The van der Waals surface area contributed by atoms with Crippen molar-refractivity contribution in [2.75, 3.05) is 25.0 Å². The summed E-state index contributed by atoms with van der Waals surface area (Å²) in [4.78, 5) is 11.3. The van der Waals surface area contributed by atoms with Crippen molar-refractivity contribution in [2.45, 2.75) is 24.3 Å². The maximum Gasteiger partial charge on any atom is 0.243 e. The van der Waals surface area contributed by atoms with Gasteiger partial charge in [-0.25, -0.2) is 8.42 Å². The van der Waals surface area contributed by atoms with Crippen LogP contribution in [-0.4, -0.2) is 44.4 Å². The number of rotatable bonds is 5. The summed E-state index contributed by atoms with van der Waals surface area (Å²) in [6.07, 6.45) is 0.508. The number of nitrogens with one attached hydrogen (secondary N) is 1. The van der Waals surface area contributed by atoms with E-state index in [0.717, 1.165) is 5.56 Å². The maximum absolute atomic E-state index is 12.9. The molecule has 0 radical (unpaired) electrons. The molecule has 7 heteroatoms. The Labute approximate surface area is 153 Å². The van der Waals surface area contributed by atoms with Gasteiger partial charge in [-0.2, -0.15) is 4.31 Å². The smallest absolute Gasteiger partial charge is 0.243 e. The predicted octanol–water partition coefficient (Wildman–Crippen LogP) is 2.28. The molecule has 2 aromatic carbocycles. The van der Waals surface area contributed by atoms with E-state index in [-0.39, 0.29) is 16.9 Å². The third kappa shape index (κ3) is 4.49. The molecule has 1 heterocycles. The molecule has 1 aliphatic rings. The number of amides is 1. The van der Waals surface area contributed by atoms with Gasteiger partial charge < -0.3 is 10.1 Å². The Morgan fingerprint density at radius 1 is 1.15 bits per heavy atom. The van der Waals surface area contributed by atoms with Crippen LogP contribution in [0.1, 0.15) is 12.5 Å². The van der Waals surface area contributed by atoms with Gasteiger partial charge in [-0.1, -0.05) is 30.3 Å². The molecule has 3 rings (SSSR count). The number of ether oxygens (including phenoxy) is 1. The number of carbonyl (C=O) groups is 1. The number of hydrogen-bond acceptors (Lipinski definition) is 4. The van der Waals surface area contributed by atoms with Crippen LogP contribution in [0.15, 0.2) is 59.5 Å². The summed E-state index contributed by atoms with van der Waals surface area (Å²) in [5.41, 5.74) is 1.69. The first-order valence-electron chi connectivity index (χ1n) is 8.48. The van der Waals surface area contributed by atoms with Crippen LogP contribution >= 0.6 is 0 Å². The highest BCUT2D eigenvalue weighted by molar-refractivity contribution is 7.89. The van der Waals surface area contributed by atoms with Gasteiger partial charge in [0.25, 0.3) is 0 Å². The molecule has 1 saturated heterocycles. The zero-order chi connectivity index (χ0) is 18.6. The molecule has 0 aliphatic carbocycles. The molecule has 6 nitrogen and oxygen atoms in total. The standard InChI is InChI=1S/C19H22N2O4S/c1-15(22)20-17-7-9-19(10-8-17)26(23,24)21-11-12-25-18(14-21)13-16-5-3-2-4-6-16/h2-10,18H,11-14H2,1H3,(H,20,22)/t18-/m1/s1. The summed E-state index contributed by atoms with van der Waals surface area (Å²) < 4.78 is 33.0. The van der Waals surface area contributed by atoms with Crippen molar-refractivity contribution in [3.63, 3.8) is 0 Å². The molecule has 1 amide bonds. The van der Waals surface area contributed by atoms with Crippen LogP contribution < -0.4 is 5.32 Å². The summed E-state index contributed by atoms with van der Waals surface area (Å²) in [6.45, 7) is 2.44. The Kier molecular flexibility index (Phi) is 5.70. The van der Waals surface area contributed by atoms with E-state index in [1.807, 2.05) is 30.3 Å². The molecule has 1 N–H and O–H groups in total. The van der Waals surface area contributed by atoms with Crippen LogP contribution in [0.2, 0.25) is 0 Å². The van der Waals surface area contributed by atoms with Crippen molar-refractivity contribution in [2.24, 2.45) is 0 Å². The number of nitrogens with zero attached hydrogens (tertiary/aromatic N) is 1. The fraction of sp³-hybridized carbons (Fsp3) is 0.316. The number of sulfonamides is 1. The highest BCUT2D eigenvalue weighted by Crippen LogP contribution is 2.22. The lowest BCUT2D eigenvalue weighted by molar-refractivity contribution is -0.114. The number of benzene rings is 2. The first-order valence-corrected chi connectivity index (χ1v) is 9.92. The largest absolute Gasteiger partial charge is 0.375 e. The molecule has 0 spiro atoms. The van der Waals surface area contributed by atoms with Gasteiger partial charge in [-0.3, -0.25) is 4.79 Å². The Morgan fingerprint density at radius 3 is 2.50 bits per heavy atom. The molecule has 0 saturated carbocycles. The summed E-state index contributed by atoms with van der Waals surface area (Å²) in [6, 6.07) is 16.1. The number of anilines is 1. The zero-order valence-corrected chi connectivity index (χ0v) is 15.4. The normalized spacial score (nSPS) is 18.4. The van der Waals surface area contributed by atoms with E-state index in [9.17, 15) is 13.2 Å². The van der Waals surface area contributed by atoms with Gasteiger partial charge >= 0.3 is 0 Å². The minimum absolute atomic E-state index is 0.167. The molecule has 1 aliphatic heterocycles. The molecular formula is C19H22N2O4S. The zero-order valence-electron chi connectivity index (χ0n) is 14.6. The van der Waals surface area contributed by atoms with E-state index in [4.69, 9.17) is 4.74 Å². The molecule has 0 bridgehead atoms. The Hall–Kier alpha value is -2.22. The fourth-order valence-corrected chi connectivity index (χ4v) is 4.43. The second-order valence-electron chi connectivity index (χ2n) is 6.25. The SMILES string of the molecule is CC(=O)Nc1ccc(S(=O)(=O)N2CCO[C@H](Cc3ccccc3)C2)cc1. The Morgan fingerprint density at radius 2 is 1.85 bits per heavy atom. The van der Waals surface area contributed by atoms with E-state index in [2.05, 4.69) is 5.32 Å². The molecule has 1 atom stereocenters. The van der Waals surface area contributed by atoms with Gasteiger partial charge in [0.1, 0.15) is 0 Å². The number of morpholine rings is 1. The fourth-order valence-electron chi connectivity index (χ4n) is 2.97. The molecule has 1 fully saturated rings. The third-order valence-corrected chi connectivity index (χ3v) is 6.10. The van der Waals surface area contributed by atoms with Gasteiger partial charge in [-0.05, 0) is 36.2 Å². The van der Waals surface area contributed by atoms with E-state index in [1.165, 1.54) is 23.4 Å². The topological polar surface area (TPSA) is 75.7 Å². The molecule has 26 heavy (non-hydrogen) atoms. The van der Waals surface area contributed by atoms with E-state index >= 15 is 0 Å². The Balaban J connectivity index is 1.71. The van der Waals surface area contributed by atoms with Crippen molar-refractivity contribution in [3.8, 4) is 0 Å². The first-order chi connectivity index (χ1) is 12.4. The lowest BCUT2D eigenvalue weighted by Gasteiger charge is -2.32. The quantitative estimate of drug-likeness (QED) is 0.871. The molecule has 0 aromatic heterocycles. The summed E-state index contributed by atoms with van der Waals surface area (Å²) in [5.74, 6) is -0.197. The van der Waals surface area contributed by atoms with Gasteiger partial charge in [0.2, 0.25) is 15.9 Å². The molecule has 2 aromatic rings. The maximum atomic E-state index is 12.9. The lowest BCUT2D eigenvalue weighted by Crippen LogP contribution is -2.46. The Bertz CT molecular complexity index is 851. The second-order valence-corrected chi connectivity index (χ2v) is 8.19.